The summed E-state index contributed by atoms with van der Waals surface area (Å²) in [6.45, 7) is 3.68. The number of hydrogen-bond acceptors (Lipinski definition) is 4. The maximum Gasteiger partial charge on any atom is 0.240 e. The van der Waals surface area contributed by atoms with E-state index in [0.717, 1.165) is 47.1 Å². The van der Waals surface area contributed by atoms with E-state index in [9.17, 15) is 18.8 Å². The summed E-state index contributed by atoms with van der Waals surface area (Å²) in [5.41, 5.74) is 2.81. The number of aromatic nitrogens is 2. The second-order valence-corrected chi connectivity index (χ2v) is 9.49. The molecule has 2 heterocycles. The first-order valence-electron chi connectivity index (χ1n) is 10.5. The van der Waals surface area contributed by atoms with Crippen molar-refractivity contribution in [3.63, 3.8) is 0 Å². The van der Waals surface area contributed by atoms with E-state index in [1.165, 1.54) is 17.0 Å². The predicted molar refractivity (Wildman–Crippen MR) is 121 cm³/mol. The summed E-state index contributed by atoms with van der Waals surface area (Å²) in [5.74, 6) is -0.361. The van der Waals surface area contributed by atoms with Gasteiger partial charge in [-0.15, -0.1) is 0 Å². The first-order valence-corrected chi connectivity index (χ1v) is 11.7. The Morgan fingerprint density at radius 3 is 2.75 bits per heavy atom. The van der Waals surface area contributed by atoms with E-state index in [1.807, 2.05) is 37.7 Å². The monoisotopic (exact) mass is 454 g/mol. The fourth-order valence-corrected chi connectivity index (χ4v) is 5.57. The zero-order valence-corrected chi connectivity index (χ0v) is 18.8. The van der Waals surface area contributed by atoms with Crippen LogP contribution in [0.4, 0.5) is 8.78 Å². The lowest BCUT2D eigenvalue weighted by molar-refractivity contribution is -0.122. The number of halogens is 2. The zero-order valence-electron chi connectivity index (χ0n) is 18.0. The van der Waals surface area contributed by atoms with Gasteiger partial charge < -0.3 is 9.88 Å². The summed E-state index contributed by atoms with van der Waals surface area (Å²) in [7, 11) is 0. The van der Waals surface area contributed by atoms with E-state index < -0.39 is 17.0 Å². The molecule has 0 radical (unpaired) electrons. The summed E-state index contributed by atoms with van der Waals surface area (Å²) < 4.78 is 29.1. The number of carbonyl (C=O) groups excluding carboxylic acids is 1. The van der Waals surface area contributed by atoms with Crippen molar-refractivity contribution in [1.82, 2.24) is 14.9 Å². The van der Waals surface area contributed by atoms with Crippen LogP contribution in [0.5, 0.6) is 0 Å². The van der Waals surface area contributed by atoms with Crippen molar-refractivity contribution in [3.05, 3.63) is 65.0 Å². The second-order valence-electron chi connectivity index (χ2n) is 8.27. The van der Waals surface area contributed by atoms with Crippen LogP contribution in [-0.4, -0.2) is 27.0 Å². The van der Waals surface area contributed by atoms with E-state index in [2.05, 4.69) is 22.4 Å². The summed E-state index contributed by atoms with van der Waals surface area (Å²) in [6, 6.07) is 10.7. The smallest absolute Gasteiger partial charge is 0.240 e. The molecule has 0 spiro atoms. The minimum atomic E-state index is -1.01. The number of benzene rings is 2. The van der Waals surface area contributed by atoms with Crippen LogP contribution in [0.3, 0.4) is 0 Å². The van der Waals surface area contributed by atoms with Crippen molar-refractivity contribution in [2.24, 2.45) is 0 Å². The Hall–Kier alpha value is -2.92. The molecule has 2 aromatic carbocycles. The van der Waals surface area contributed by atoms with Crippen molar-refractivity contribution in [2.45, 2.75) is 44.7 Å². The number of hydrogen-bond donors (Lipinski definition) is 1. The fourth-order valence-electron chi connectivity index (χ4n) is 4.38. The molecule has 0 bridgehead atoms. The molecular weight excluding hydrogens is 430 g/mol. The Balaban J connectivity index is 1.49. The second kappa shape index (κ2) is 8.91. The number of carbonyl (C=O) groups is 1. The molecule has 3 aromatic rings. The van der Waals surface area contributed by atoms with Gasteiger partial charge >= 0.3 is 0 Å². The lowest BCUT2D eigenvalue weighted by Gasteiger charge is -2.31. The minimum Gasteiger partial charge on any atom is -0.348 e. The van der Waals surface area contributed by atoms with Gasteiger partial charge in [-0.25, -0.2) is 13.8 Å². The molecule has 5 nitrogen and oxygen atoms in total. The summed E-state index contributed by atoms with van der Waals surface area (Å²) in [6.07, 6.45) is 3.02. The van der Waals surface area contributed by atoms with E-state index in [-0.39, 0.29) is 24.0 Å². The number of nitrogens with one attached hydrogen (secondary N) is 1. The van der Waals surface area contributed by atoms with Gasteiger partial charge in [-0.05, 0) is 67.0 Å². The van der Waals surface area contributed by atoms with Gasteiger partial charge in [-0.2, -0.15) is 17.0 Å². The summed E-state index contributed by atoms with van der Waals surface area (Å²) in [5, 5.41) is 12.8. The number of amides is 1. The number of imidazole rings is 1. The molecule has 1 amide bonds. The van der Waals surface area contributed by atoms with Gasteiger partial charge in [0, 0.05) is 0 Å². The maximum absolute atomic E-state index is 14.2. The van der Waals surface area contributed by atoms with Crippen LogP contribution < -0.4 is 5.32 Å². The molecule has 1 fully saturated rings. The maximum atomic E-state index is 14.2. The fraction of sp³-hybridized carbons (Fsp3) is 0.375. The molecule has 166 valence electrons. The van der Waals surface area contributed by atoms with Crippen LogP contribution in [0, 0.1) is 29.9 Å². The van der Waals surface area contributed by atoms with Crippen LogP contribution >= 0.6 is 11.8 Å². The average molecular weight is 455 g/mol. The Bertz CT molecular complexity index is 1210. The van der Waals surface area contributed by atoms with Crippen molar-refractivity contribution in [3.8, 4) is 6.07 Å². The average Bonchev–Trinajstić information content (AvgIpc) is 3.19. The topological polar surface area (TPSA) is 70.7 Å². The molecule has 8 heteroatoms. The minimum absolute atomic E-state index is 0.0271. The highest BCUT2D eigenvalue weighted by Gasteiger charge is 2.34. The highest BCUT2D eigenvalue weighted by atomic mass is 32.2. The molecular formula is C24H24F2N4OS. The van der Waals surface area contributed by atoms with E-state index in [4.69, 9.17) is 0 Å². The number of nitrogens with zero attached hydrogens (tertiary/aromatic N) is 3. The van der Waals surface area contributed by atoms with Gasteiger partial charge in [0.2, 0.25) is 5.91 Å². The van der Waals surface area contributed by atoms with Gasteiger partial charge in [0.15, 0.2) is 11.6 Å². The van der Waals surface area contributed by atoms with Crippen molar-refractivity contribution < 1.29 is 13.6 Å². The highest BCUT2D eigenvalue weighted by molar-refractivity contribution is 7.99. The SMILES string of the molecule is Cc1cc(C2(C#N)CCSCC2)ccc1C(C)NC(=O)Cn1cnc2ccc(F)c(F)c21. The Kier molecular flexibility index (Phi) is 6.20. The predicted octanol–water partition coefficient (Wildman–Crippen LogP) is 4.79. The third kappa shape index (κ3) is 4.09. The molecule has 4 rings (SSSR count). The lowest BCUT2D eigenvalue weighted by Crippen LogP contribution is -2.31. The van der Waals surface area contributed by atoms with Crippen molar-refractivity contribution in [1.29, 1.82) is 5.26 Å². The van der Waals surface area contributed by atoms with Crippen molar-refractivity contribution in [2.75, 3.05) is 11.5 Å². The summed E-state index contributed by atoms with van der Waals surface area (Å²) in [4.78, 5) is 16.7. The molecule has 1 aliphatic rings. The van der Waals surface area contributed by atoms with Gasteiger partial charge in [0.25, 0.3) is 0 Å². The van der Waals surface area contributed by atoms with Crippen LogP contribution in [0.25, 0.3) is 11.0 Å². The molecule has 1 aliphatic heterocycles. The Morgan fingerprint density at radius 2 is 2.06 bits per heavy atom. The van der Waals surface area contributed by atoms with E-state index in [1.54, 1.807) is 0 Å². The Morgan fingerprint density at radius 1 is 1.31 bits per heavy atom. The third-order valence-corrected chi connectivity index (χ3v) is 7.20. The summed E-state index contributed by atoms with van der Waals surface area (Å²) >= 11 is 1.88. The molecule has 0 aliphatic carbocycles. The number of thioether (sulfide) groups is 1. The molecule has 1 aromatic heterocycles. The van der Waals surface area contributed by atoms with Crippen LogP contribution in [0.1, 0.15) is 42.5 Å². The number of nitriles is 1. The molecule has 0 saturated carbocycles. The van der Waals surface area contributed by atoms with Gasteiger partial charge in [0.1, 0.15) is 12.1 Å². The third-order valence-electron chi connectivity index (χ3n) is 6.21. The number of aryl methyl sites for hydroxylation is 1. The quantitative estimate of drug-likeness (QED) is 0.602. The Labute approximate surface area is 189 Å². The van der Waals surface area contributed by atoms with Crippen LogP contribution in [0.15, 0.2) is 36.7 Å². The lowest BCUT2D eigenvalue weighted by atomic mass is 9.76. The van der Waals surface area contributed by atoms with Crippen LogP contribution in [0.2, 0.25) is 0 Å². The van der Waals surface area contributed by atoms with E-state index in [0.29, 0.717) is 5.52 Å². The van der Waals surface area contributed by atoms with Gasteiger partial charge in [-0.1, -0.05) is 18.2 Å². The molecule has 1 unspecified atom stereocenters. The van der Waals surface area contributed by atoms with Crippen molar-refractivity contribution >= 4 is 28.7 Å². The molecule has 1 atom stereocenters. The number of fused-ring (bicyclic) bond motifs is 1. The highest BCUT2D eigenvalue weighted by Crippen LogP contribution is 2.38. The largest absolute Gasteiger partial charge is 0.348 e. The van der Waals surface area contributed by atoms with Gasteiger partial charge in [0.05, 0.1) is 29.4 Å². The first-order chi connectivity index (χ1) is 15.3. The molecule has 32 heavy (non-hydrogen) atoms. The van der Waals surface area contributed by atoms with Crippen LogP contribution in [-0.2, 0) is 16.8 Å². The molecule has 1 N–H and O–H groups in total. The number of rotatable bonds is 5. The van der Waals surface area contributed by atoms with Gasteiger partial charge in [-0.3, -0.25) is 4.79 Å². The standard InChI is InChI=1S/C24H24F2N4OS/c1-15-11-17(24(13-27)7-9-32-10-8-24)3-4-18(15)16(2)29-21(31)12-30-14-28-20-6-5-19(25)22(26)23(20)30/h3-6,11,14,16H,7-10,12H2,1-2H3,(H,29,31). The normalized spacial score (nSPS) is 16.5. The molecule has 1 saturated heterocycles. The zero-order chi connectivity index (χ0) is 22.9. The van der Waals surface area contributed by atoms with E-state index >= 15 is 0 Å². The first kappa shape index (κ1) is 22.3.